The number of ether oxygens (including phenoxy) is 1. The van der Waals surface area contributed by atoms with Gasteiger partial charge < -0.3 is 24.0 Å². The molecule has 3 rings (SSSR count). The minimum absolute atomic E-state index is 0.0116. The van der Waals surface area contributed by atoms with Gasteiger partial charge in [-0.3, -0.25) is 19.7 Å². The average molecular weight is 495 g/mol. The highest BCUT2D eigenvalue weighted by atomic mass is 16.7. The van der Waals surface area contributed by atoms with Crippen LogP contribution in [0.25, 0.3) is 0 Å². The maximum Gasteiger partial charge on any atom is 0.487 e. The molecule has 0 aromatic heterocycles. The Bertz CT molecular complexity index is 983. The lowest BCUT2D eigenvalue weighted by molar-refractivity contribution is -0.135. The van der Waals surface area contributed by atoms with Crippen LogP contribution in [-0.2, 0) is 36.8 Å². The fourth-order valence-electron chi connectivity index (χ4n) is 3.81. The van der Waals surface area contributed by atoms with Crippen molar-refractivity contribution in [3.63, 3.8) is 0 Å². The zero-order chi connectivity index (χ0) is 25.8. The number of carbonyl (C=O) groups is 2. The van der Waals surface area contributed by atoms with Gasteiger partial charge in [-0.1, -0.05) is 36.4 Å². The summed E-state index contributed by atoms with van der Waals surface area (Å²) in [5.41, 5.74) is 5.91. The van der Waals surface area contributed by atoms with Crippen molar-refractivity contribution in [2.24, 2.45) is 0 Å². The van der Waals surface area contributed by atoms with E-state index >= 15 is 0 Å². The van der Waals surface area contributed by atoms with Crippen LogP contribution in [0.15, 0.2) is 48.5 Å². The predicted molar refractivity (Wildman–Crippen MR) is 134 cm³/mol. The summed E-state index contributed by atoms with van der Waals surface area (Å²) >= 11 is 0. The molecular formula is C24H31B2N3O7. The normalized spacial score (nSPS) is 13.9. The van der Waals surface area contributed by atoms with E-state index < -0.39 is 12.3 Å². The lowest BCUT2D eigenvalue weighted by Gasteiger charge is -2.25. The van der Waals surface area contributed by atoms with E-state index in [2.05, 4.69) is 10.8 Å². The van der Waals surface area contributed by atoms with Crippen LogP contribution >= 0.6 is 0 Å². The number of hydrogen-bond acceptors (Lipinski definition) is 8. The van der Waals surface area contributed by atoms with Gasteiger partial charge >= 0.3 is 15.2 Å². The van der Waals surface area contributed by atoms with Crippen LogP contribution in [0.3, 0.4) is 0 Å². The number of rotatable bonds is 15. The molecule has 0 spiro atoms. The van der Waals surface area contributed by atoms with Crippen LogP contribution in [0.5, 0.6) is 0 Å². The third-order valence-corrected chi connectivity index (χ3v) is 5.68. The first-order valence-electron chi connectivity index (χ1n) is 11.7. The lowest BCUT2D eigenvalue weighted by Crippen LogP contribution is -2.45. The molecule has 0 bridgehead atoms. The summed E-state index contributed by atoms with van der Waals surface area (Å²) in [5, 5.41) is 11.7. The molecule has 0 saturated carbocycles. The topological polar surface area (TPSA) is 119 Å². The predicted octanol–water partition coefficient (Wildman–Crippen LogP) is 0.383. The van der Waals surface area contributed by atoms with Gasteiger partial charge in [0.15, 0.2) is 0 Å². The van der Waals surface area contributed by atoms with Gasteiger partial charge in [-0.05, 0) is 48.5 Å². The van der Waals surface area contributed by atoms with E-state index in [-0.39, 0.29) is 18.5 Å². The van der Waals surface area contributed by atoms with Gasteiger partial charge in [-0.25, -0.2) is 5.48 Å². The number of benzene rings is 2. The second-order valence-electron chi connectivity index (χ2n) is 8.24. The Morgan fingerprint density at radius 3 is 2.81 bits per heavy atom. The molecule has 10 nitrogen and oxygen atoms in total. The maximum absolute atomic E-state index is 13.5. The van der Waals surface area contributed by atoms with Crippen molar-refractivity contribution in [2.45, 2.75) is 45.2 Å². The molecule has 12 heteroatoms. The van der Waals surface area contributed by atoms with Gasteiger partial charge in [0, 0.05) is 18.7 Å². The Hall–Kier alpha value is -2.73. The van der Waals surface area contributed by atoms with Crippen LogP contribution in [0, 0.1) is 0 Å². The summed E-state index contributed by atoms with van der Waals surface area (Å²) in [5.74, 6) is -0.451. The van der Waals surface area contributed by atoms with Crippen LogP contribution in [0.1, 0.15) is 41.3 Å². The SMILES string of the molecule is CONC(=O)[C@H](CCCN(Cc1ccccc1)C(=O)c1ccc2c(c1)CO[B]2)NCOC(C)O[B]O. The smallest absolute Gasteiger partial charge is 0.430 e. The molecule has 0 saturated heterocycles. The van der Waals surface area contributed by atoms with Gasteiger partial charge in [0.1, 0.15) is 13.0 Å². The van der Waals surface area contributed by atoms with E-state index in [1.165, 1.54) is 7.11 Å². The Morgan fingerprint density at radius 1 is 1.25 bits per heavy atom. The van der Waals surface area contributed by atoms with E-state index in [0.717, 1.165) is 16.6 Å². The van der Waals surface area contributed by atoms with E-state index in [4.69, 9.17) is 23.9 Å². The first kappa shape index (κ1) is 27.9. The summed E-state index contributed by atoms with van der Waals surface area (Å²) in [7, 11) is 3.60. The molecular weight excluding hydrogens is 464 g/mol. The molecule has 2 aromatic rings. The van der Waals surface area contributed by atoms with E-state index in [9.17, 15) is 9.59 Å². The molecule has 3 N–H and O–H groups in total. The van der Waals surface area contributed by atoms with Crippen molar-refractivity contribution in [3.05, 3.63) is 65.2 Å². The fourth-order valence-corrected chi connectivity index (χ4v) is 3.81. The molecule has 2 radical (unpaired) electrons. The molecule has 0 aliphatic carbocycles. The molecule has 2 aromatic carbocycles. The highest BCUT2D eigenvalue weighted by molar-refractivity contribution is 6.48. The summed E-state index contributed by atoms with van der Waals surface area (Å²) in [6.07, 6.45) is 0.278. The van der Waals surface area contributed by atoms with Gasteiger partial charge in [-0.15, -0.1) is 0 Å². The van der Waals surface area contributed by atoms with Gasteiger partial charge in [-0.2, -0.15) is 0 Å². The second-order valence-corrected chi connectivity index (χ2v) is 8.24. The first-order chi connectivity index (χ1) is 17.5. The van der Waals surface area contributed by atoms with Crippen molar-refractivity contribution in [3.8, 4) is 0 Å². The van der Waals surface area contributed by atoms with Crippen LogP contribution in [0.4, 0.5) is 0 Å². The van der Waals surface area contributed by atoms with Crippen molar-refractivity contribution in [2.75, 3.05) is 20.4 Å². The monoisotopic (exact) mass is 495 g/mol. The molecule has 1 aliphatic heterocycles. The summed E-state index contributed by atoms with van der Waals surface area (Å²) in [6.45, 7) is 2.95. The second kappa shape index (κ2) is 14.7. The zero-order valence-electron chi connectivity index (χ0n) is 20.5. The minimum Gasteiger partial charge on any atom is -0.430 e. The van der Waals surface area contributed by atoms with Gasteiger partial charge in [0.2, 0.25) is 0 Å². The molecule has 1 aliphatic rings. The van der Waals surface area contributed by atoms with Crippen LogP contribution in [-0.4, -0.2) is 69.6 Å². The largest absolute Gasteiger partial charge is 0.487 e. The highest BCUT2D eigenvalue weighted by Gasteiger charge is 2.22. The van der Waals surface area contributed by atoms with Crippen molar-refractivity contribution in [1.82, 2.24) is 15.7 Å². The Kier molecular flexibility index (Phi) is 11.4. The van der Waals surface area contributed by atoms with E-state index in [1.54, 1.807) is 19.3 Å². The number of carbonyl (C=O) groups excluding carboxylic acids is 2. The third kappa shape index (κ3) is 8.44. The van der Waals surface area contributed by atoms with Crippen LogP contribution < -0.4 is 16.3 Å². The molecule has 0 fully saturated rings. The number of hydrogen-bond donors (Lipinski definition) is 3. The Balaban J connectivity index is 1.64. The van der Waals surface area contributed by atoms with Crippen molar-refractivity contribution >= 4 is 32.4 Å². The first-order valence-corrected chi connectivity index (χ1v) is 11.7. The quantitative estimate of drug-likeness (QED) is 0.185. The number of hydroxylamine groups is 1. The minimum atomic E-state index is -0.692. The molecule has 190 valence electrons. The number of nitrogens with one attached hydrogen (secondary N) is 2. The summed E-state index contributed by atoms with van der Waals surface area (Å²) < 4.78 is 15.5. The molecule has 1 heterocycles. The van der Waals surface area contributed by atoms with Gasteiger partial charge in [0.25, 0.3) is 11.8 Å². The third-order valence-electron chi connectivity index (χ3n) is 5.68. The lowest BCUT2D eigenvalue weighted by atomic mass is 9.86. The molecule has 2 atom stereocenters. The average Bonchev–Trinajstić information content (AvgIpc) is 3.35. The Labute approximate surface area is 212 Å². The van der Waals surface area contributed by atoms with Crippen molar-refractivity contribution in [1.29, 1.82) is 0 Å². The molecule has 36 heavy (non-hydrogen) atoms. The maximum atomic E-state index is 13.5. The fraction of sp³-hybridized carbons (Fsp3) is 0.417. The Morgan fingerprint density at radius 2 is 2.06 bits per heavy atom. The molecule has 2 amide bonds. The van der Waals surface area contributed by atoms with E-state index in [1.807, 2.05) is 48.5 Å². The summed E-state index contributed by atoms with van der Waals surface area (Å²) in [6, 6.07) is 14.7. The zero-order valence-corrected chi connectivity index (χ0v) is 20.5. The number of fused-ring (bicyclic) bond motifs is 1. The number of amides is 2. The highest BCUT2D eigenvalue weighted by Crippen LogP contribution is 2.15. The van der Waals surface area contributed by atoms with Crippen LogP contribution in [0.2, 0.25) is 0 Å². The number of nitrogens with zero attached hydrogens (tertiary/aromatic N) is 1. The van der Waals surface area contributed by atoms with E-state index in [0.29, 0.717) is 45.8 Å². The van der Waals surface area contributed by atoms with Crippen molar-refractivity contribution < 1.29 is 33.5 Å². The van der Waals surface area contributed by atoms with Gasteiger partial charge in [0.05, 0.1) is 19.8 Å². The summed E-state index contributed by atoms with van der Waals surface area (Å²) in [4.78, 5) is 32.5. The standard InChI is InChI=1S/C24H31B2N3O7/c1-17(36-26-32)34-16-27-22(23(30)28-33-2)9-6-12-29(14-18-7-4-3-5-8-18)24(31)19-10-11-21-20(13-19)15-35-25-21/h3-5,7-8,10-11,13,17,22,27,32H,6,9,12,14-16H2,1-2H3,(H,28,30)/t17?,22-/m0/s1. The molecule has 1 unspecified atom stereocenters.